The zero-order chi connectivity index (χ0) is 9.84. The first kappa shape index (κ1) is 10.6. The van der Waals surface area contributed by atoms with Gasteiger partial charge in [-0.2, -0.15) is 0 Å². The minimum absolute atomic E-state index is 0.111. The lowest BCUT2D eigenvalue weighted by molar-refractivity contribution is -0.305. The van der Waals surface area contributed by atoms with Gasteiger partial charge in [0.25, 0.3) is 0 Å². The summed E-state index contributed by atoms with van der Waals surface area (Å²) >= 11 is 0. The summed E-state index contributed by atoms with van der Waals surface area (Å²) in [6.07, 6.45) is 6.31. The Hall–Kier alpha value is -0.530. The molecule has 3 saturated carbocycles. The monoisotopic (exact) mass is 183 g/mol. The Morgan fingerprint density at radius 1 is 1.38 bits per heavy atom. The van der Waals surface area contributed by atoms with Crippen LogP contribution in [0.15, 0.2) is 0 Å². The van der Waals surface area contributed by atoms with Crippen LogP contribution in [-0.4, -0.2) is 5.97 Å². The van der Waals surface area contributed by atoms with E-state index in [1.54, 1.807) is 12.8 Å². The SMILES string of the molecule is CC1CCC2CC1C2.CCC(=O)[O-]. The molecule has 1 atom stereocenters. The molecule has 2 heteroatoms. The number of carbonyl (C=O) groups is 1. The number of aliphatic carboxylic acids is 1. The van der Waals surface area contributed by atoms with Gasteiger partial charge in [-0.05, 0) is 37.0 Å². The highest BCUT2D eigenvalue weighted by Crippen LogP contribution is 2.48. The standard InChI is InChI=1S/C8H14.C3H6O2/c1-6-2-3-7-4-8(6)5-7;1-2-3(4)5/h6-8H,2-5H2,1H3;2H2,1H3,(H,4,5)/p-1. The van der Waals surface area contributed by atoms with Crippen LogP contribution < -0.4 is 5.11 Å². The summed E-state index contributed by atoms with van der Waals surface area (Å²) in [4.78, 5) is 9.26. The van der Waals surface area contributed by atoms with Crippen molar-refractivity contribution in [3.05, 3.63) is 0 Å². The molecule has 0 radical (unpaired) electrons. The molecular weight excluding hydrogens is 164 g/mol. The molecule has 0 saturated heterocycles. The Balaban J connectivity index is 0.000000149. The molecule has 0 heterocycles. The molecule has 0 amide bonds. The van der Waals surface area contributed by atoms with Gasteiger partial charge in [0.2, 0.25) is 0 Å². The summed E-state index contributed by atoms with van der Waals surface area (Å²) in [5.41, 5.74) is 0. The van der Waals surface area contributed by atoms with Gasteiger partial charge in [0.15, 0.2) is 0 Å². The van der Waals surface area contributed by atoms with Crippen LogP contribution in [0.2, 0.25) is 0 Å². The van der Waals surface area contributed by atoms with Crippen LogP contribution in [0.4, 0.5) is 0 Å². The van der Waals surface area contributed by atoms with E-state index < -0.39 is 5.97 Å². The number of hydrogen-bond acceptors (Lipinski definition) is 2. The molecule has 0 aromatic rings. The van der Waals surface area contributed by atoms with Crippen molar-refractivity contribution in [1.29, 1.82) is 0 Å². The first-order valence-corrected chi connectivity index (χ1v) is 5.33. The zero-order valence-electron chi connectivity index (χ0n) is 8.58. The second-order valence-corrected chi connectivity index (χ2v) is 4.38. The summed E-state index contributed by atoms with van der Waals surface area (Å²) in [6.45, 7) is 3.95. The van der Waals surface area contributed by atoms with Crippen LogP contribution in [0, 0.1) is 17.8 Å². The minimum Gasteiger partial charge on any atom is -0.550 e. The normalized spacial score (nSPS) is 35.4. The van der Waals surface area contributed by atoms with Crippen molar-refractivity contribution >= 4 is 5.97 Å². The van der Waals surface area contributed by atoms with Gasteiger partial charge in [0.05, 0.1) is 0 Å². The van der Waals surface area contributed by atoms with Gasteiger partial charge in [-0.25, -0.2) is 0 Å². The second-order valence-electron chi connectivity index (χ2n) is 4.38. The molecule has 0 aromatic heterocycles. The van der Waals surface area contributed by atoms with Crippen molar-refractivity contribution in [2.75, 3.05) is 0 Å². The van der Waals surface area contributed by atoms with Crippen LogP contribution in [0.25, 0.3) is 0 Å². The van der Waals surface area contributed by atoms with E-state index in [-0.39, 0.29) is 6.42 Å². The maximum absolute atomic E-state index is 9.26. The summed E-state index contributed by atoms with van der Waals surface area (Å²) < 4.78 is 0. The van der Waals surface area contributed by atoms with E-state index in [9.17, 15) is 9.90 Å². The van der Waals surface area contributed by atoms with E-state index in [0.717, 1.165) is 17.8 Å². The second kappa shape index (κ2) is 4.64. The molecule has 0 N–H and O–H groups in total. The van der Waals surface area contributed by atoms with Crippen molar-refractivity contribution in [3.63, 3.8) is 0 Å². The van der Waals surface area contributed by atoms with Crippen LogP contribution in [0.5, 0.6) is 0 Å². The molecule has 3 aliphatic rings. The molecule has 3 rings (SSSR count). The van der Waals surface area contributed by atoms with Crippen molar-refractivity contribution < 1.29 is 9.90 Å². The van der Waals surface area contributed by atoms with E-state index >= 15 is 0 Å². The molecule has 3 aliphatic carbocycles. The molecule has 2 nitrogen and oxygen atoms in total. The van der Waals surface area contributed by atoms with Crippen molar-refractivity contribution in [2.24, 2.45) is 17.8 Å². The Kier molecular flexibility index (Phi) is 3.76. The predicted octanol–water partition coefficient (Wildman–Crippen LogP) is 1.59. The third-order valence-electron chi connectivity index (χ3n) is 3.40. The van der Waals surface area contributed by atoms with Gasteiger partial charge in [-0.1, -0.05) is 26.7 Å². The maximum atomic E-state index is 9.26. The Bertz CT molecular complexity index is 165. The van der Waals surface area contributed by atoms with E-state index in [2.05, 4.69) is 6.92 Å². The van der Waals surface area contributed by atoms with Gasteiger partial charge in [0.1, 0.15) is 0 Å². The van der Waals surface area contributed by atoms with E-state index in [0.29, 0.717) is 0 Å². The largest absolute Gasteiger partial charge is 0.550 e. The molecule has 2 bridgehead atoms. The first-order chi connectivity index (χ1) is 6.13. The lowest BCUT2D eigenvalue weighted by atomic mass is 9.61. The highest BCUT2D eigenvalue weighted by atomic mass is 16.4. The number of carbonyl (C=O) groups excluding carboxylic acids is 1. The van der Waals surface area contributed by atoms with Gasteiger partial charge < -0.3 is 9.90 Å². The van der Waals surface area contributed by atoms with Crippen molar-refractivity contribution in [2.45, 2.75) is 46.0 Å². The van der Waals surface area contributed by atoms with Crippen molar-refractivity contribution in [1.82, 2.24) is 0 Å². The quantitative estimate of drug-likeness (QED) is 0.619. The maximum Gasteiger partial charge on any atom is 0.0411 e. The molecule has 1 unspecified atom stereocenters. The van der Waals surface area contributed by atoms with Gasteiger partial charge in [-0.15, -0.1) is 0 Å². The topological polar surface area (TPSA) is 40.1 Å². The Morgan fingerprint density at radius 2 is 1.92 bits per heavy atom. The smallest absolute Gasteiger partial charge is 0.0411 e. The molecular formula is C11H19O2-. The highest BCUT2D eigenvalue weighted by Gasteiger charge is 2.37. The van der Waals surface area contributed by atoms with E-state index in [1.165, 1.54) is 19.8 Å². The lowest BCUT2D eigenvalue weighted by Crippen LogP contribution is -2.34. The van der Waals surface area contributed by atoms with Crippen molar-refractivity contribution in [3.8, 4) is 0 Å². The Morgan fingerprint density at radius 3 is 2.08 bits per heavy atom. The number of rotatable bonds is 1. The predicted molar refractivity (Wildman–Crippen MR) is 49.9 cm³/mol. The average molecular weight is 183 g/mol. The number of carboxylic acid groups (broad SMARTS) is 1. The lowest BCUT2D eigenvalue weighted by Gasteiger charge is -2.45. The molecule has 76 valence electrons. The molecule has 0 spiro atoms. The van der Waals surface area contributed by atoms with E-state index in [1.807, 2.05) is 0 Å². The minimum atomic E-state index is -0.995. The molecule has 3 fully saturated rings. The summed E-state index contributed by atoms with van der Waals surface area (Å²) in [5, 5.41) is 9.26. The fourth-order valence-corrected chi connectivity index (χ4v) is 2.22. The fraction of sp³-hybridized carbons (Fsp3) is 0.909. The zero-order valence-corrected chi connectivity index (χ0v) is 8.58. The van der Waals surface area contributed by atoms with Crippen LogP contribution in [0.1, 0.15) is 46.0 Å². The number of carboxylic acids is 1. The first-order valence-electron chi connectivity index (χ1n) is 5.33. The summed E-state index contributed by atoms with van der Waals surface area (Å²) in [5.74, 6) is 2.38. The van der Waals surface area contributed by atoms with E-state index in [4.69, 9.17) is 0 Å². The van der Waals surface area contributed by atoms with Gasteiger partial charge in [-0.3, -0.25) is 0 Å². The fourth-order valence-electron chi connectivity index (χ4n) is 2.22. The third-order valence-corrected chi connectivity index (χ3v) is 3.40. The molecule has 0 aromatic carbocycles. The number of hydrogen-bond donors (Lipinski definition) is 0. The van der Waals surface area contributed by atoms with Crippen LogP contribution >= 0.6 is 0 Å². The summed E-state index contributed by atoms with van der Waals surface area (Å²) in [7, 11) is 0. The van der Waals surface area contributed by atoms with Gasteiger partial charge >= 0.3 is 0 Å². The van der Waals surface area contributed by atoms with Crippen LogP contribution in [0.3, 0.4) is 0 Å². The summed E-state index contributed by atoms with van der Waals surface area (Å²) in [6, 6.07) is 0. The molecule has 13 heavy (non-hydrogen) atoms. The Labute approximate surface area is 80.3 Å². The van der Waals surface area contributed by atoms with Gasteiger partial charge in [0, 0.05) is 5.97 Å². The van der Waals surface area contributed by atoms with Crippen LogP contribution in [-0.2, 0) is 4.79 Å². The highest BCUT2D eigenvalue weighted by molar-refractivity contribution is 5.63. The molecule has 0 aliphatic heterocycles. The number of fused-ring (bicyclic) bond motifs is 2. The third kappa shape index (κ3) is 3.02. The average Bonchev–Trinajstić information content (AvgIpc) is 2.03.